The Morgan fingerprint density at radius 2 is 1.65 bits per heavy atom. The number of aromatic nitrogens is 1. The van der Waals surface area contributed by atoms with Gasteiger partial charge < -0.3 is 0 Å². The van der Waals surface area contributed by atoms with E-state index in [1.807, 2.05) is 36.5 Å². The first kappa shape index (κ1) is 34.3. The molecule has 1 aromatic heterocycles. The van der Waals surface area contributed by atoms with Crippen molar-refractivity contribution in [1.82, 2.24) is 4.98 Å². The van der Waals surface area contributed by atoms with Gasteiger partial charge in [0.1, 0.15) is 0 Å². The predicted octanol–water partition coefficient (Wildman–Crippen LogP) is 11.4. The third kappa shape index (κ3) is 8.26. The van der Waals surface area contributed by atoms with Crippen LogP contribution in [0, 0.1) is 42.7 Å². The number of hydrogen-bond donors (Lipinski definition) is 0. The van der Waals surface area contributed by atoms with E-state index >= 15 is 0 Å². The van der Waals surface area contributed by atoms with Gasteiger partial charge in [-0.15, -0.1) is 23.6 Å². The second-order valence-corrected chi connectivity index (χ2v) is 11.6. The van der Waals surface area contributed by atoms with E-state index in [9.17, 15) is 5.26 Å². The molecule has 0 saturated heterocycles. The monoisotopic (exact) mass is 746 g/mol. The summed E-state index contributed by atoms with van der Waals surface area (Å²) in [6.45, 7) is 19.0. The van der Waals surface area contributed by atoms with Crippen LogP contribution in [0.15, 0.2) is 78.0 Å². The molecule has 224 valence electrons. The van der Waals surface area contributed by atoms with E-state index in [0.717, 1.165) is 58.7 Å². The third-order valence-electron chi connectivity index (χ3n) is 9.08. The maximum Gasteiger partial charge on any atom is 3.00 e. The second kappa shape index (κ2) is 16.6. The van der Waals surface area contributed by atoms with E-state index < -0.39 is 0 Å². The molecule has 3 aromatic carbocycles. The minimum atomic E-state index is 0. The van der Waals surface area contributed by atoms with Crippen molar-refractivity contribution >= 4 is 21.5 Å². The summed E-state index contributed by atoms with van der Waals surface area (Å²) in [4.78, 5) is 4.65. The summed E-state index contributed by atoms with van der Waals surface area (Å²) in [5, 5.41) is 13.8. The molecular weight excluding hydrogens is 701 g/mol. The van der Waals surface area contributed by atoms with Crippen LogP contribution >= 0.6 is 0 Å². The molecule has 0 bridgehead atoms. The van der Waals surface area contributed by atoms with Gasteiger partial charge in [0.2, 0.25) is 0 Å². The van der Waals surface area contributed by atoms with Gasteiger partial charge >= 0.3 is 20.1 Å². The molecule has 0 amide bonds. The van der Waals surface area contributed by atoms with Crippen LogP contribution in [0.5, 0.6) is 0 Å². The number of fused-ring (bicyclic) bond motifs is 2. The minimum Gasteiger partial charge on any atom is -0.294 e. The van der Waals surface area contributed by atoms with Crippen molar-refractivity contribution in [3.63, 3.8) is 0 Å². The molecular formula is C40H45IrN2. The van der Waals surface area contributed by atoms with Crippen LogP contribution in [0.4, 0.5) is 0 Å². The summed E-state index contributed by atoms with van der Waals surface area (Å²) < 4.78 is 0. The van der Waals surface area contributed by atoms with Crippen LogP contribution in [0.25, 0.3) is 32.8 Å². The Morgan fingerprint density at radius 3 is 2.30 bits per heavy atom. The summed E-state index contributed by atoms with van der Waals surface area (Å²) in [6, 6.07) is 24.5. The van der Waals surface area contributed by atoms with Crippen molar-refractivity contribution < 1.29 is 20.1 Å². The average Bonchev–Trinajstić information content (AvgIpc) is 3.57. The minimum absolute atomic E-state index is 0. The van der Waals surface area contributed by atoms with Gasteiger partial charge in [-0.25, -0.2) is 24.1 Å². The van der Waals surface area contributed by atoms with Crippen molar-refractivity contribution in [1.29, 1.82) is 5.26 Å². The second-order valence-electron chi connectivity index (χ2n) is 11.6. The summed E-state index contributed by atoms with van der Waals surface area (Å²) in [7, 11) is 0. The molecule has 0 radical (unpaired) electrons. The van der Waals surface area contributed by atoms with Crippen molar-refractivity contribution in [3.05, 3.63) is 109 Å². The van der Waals surface area contributed by atoms with E-state index in [1.54, 1.807) is 0 Å². The van der Waals surface area contributed by atoms with Crippen LogP contribution in [0.1, 0.15) is 96.1 Å². The Kier molecular flexibility index (Phi) is 13.3. The SMILES string of the molecule is N#Cc1cc(-c2nccc3cc(C4CCCC4)ccc23)[c-]c2ccccc12.[CH-]=C(/C=C(\[CH2-])C(CC)CC)C(CC)CC.[Ir+3]. The smallest absolute Gasteiger partial charge is 0.294 e. The fraction of sp³-hybridized carbons (Fsp3) is 0.375. The van der Waals surface area contributed by atoms with Crippen LogP contribution in [-0.4, -0.2) is 4.98 Å². The van der Waals surface area contributed by atoms with Crippen molar-refractivity contribution in [2.45, 2.75) is 85.0 Å². The van der Waals surface area contributed by atoms with Crippen molar-refractivity contribution in [3.8, 4) is 17.3 Å². The number of pyridine rings is 1. The first-order valence-electron chi connectivity index (χ1n) is 15.8. The first-order chi connectivity index (χ1) is 20.4. The number of benzene rings is 3. The molecule has 1 heterocycles. The molecule has 1 saturated carbocycles. The average molecular weight is 746 g/mol. The van der Waals surface area contributed by atoms with Crippen molar-refractivity contribution in [2.75, 3.05) is 0 Å². The van der Waals surface area contributed by atoms with Gasteiger partial charge in [0.25, 0.3) is 0 Å². The quantitative estimate of drug-likeness (QED) is 0.126. The van der Waals surface area contributed by atoms with Crippen LogP contribution in [0.3, 0.4) is 0 Å². The van der Waals surface area contributed by atoms with Gasteiger partial charge in [0.15, 0.2) is 0 Å². The Morgan fingerprint density at radius 1 is 0.977 bits per heavy atom. The molecule has 0 aliphatic heterocycles. The normalized spacial score (nSPS) is 13.6. The predicted molar refractivity (Wildman–Crippen MR) is 179 cm³/mol. The number of hydrogen-bond acceptors (Lipinski definition) is 2. The summed E-state index contributed by atoms with van der Waals surface area (Å²) in [5.74, 6) is 1.82. The summed E-state index contributed by atoms with van der Waals surface area (Å²) in [5.41, 5.74) is 6.09. The number of nitriles is 1. The summed E-state index contributed by atoms with van der Waals surface area (Å²) >= 11 is 0. The molecule has 43 heavy (non-hydrogen) atoms. The zero-order valence-electron chi connectivity index (χ0n) is 26.3. The first-order valence-corrected chi connectivity index (χ1v) is 15.8. The maximum atomic E-state index is 9.59. The van der Waals surface area contributed by atoms with Crippen molar-refractivity contribution in [2.24, 2.45) is 11.8 Å². The van der Waals surface area contributed by atoms with E-state index in [4.69, 9.17) is 6.58 Å². The molecule has 1 fully saturated rings. The Hall–Kier alpha value is -3.18. The van der Waals surface area contributed by atoms with Crippen LogP contribution in [0.2, 0.25) is 0 Å². The molecule has 2 nitrogen and oxygen atoms in total. The molecule has 0 N–H and O–H groups in total. The van der Waals surface area contributed by atoms with E-state index in [-0.39, 0.29) is 20.1 Å². The zero-order valence-corrected chi connectivity index (χ0v) is 28.6. The standard InChI is InChI=1S/C25H19N2.C15H26.Ir/c26-16-22-15-21(14-19-7-3-4-8-23(19)22)25-24-10-9-18(17-5-1-2-6-17)13-20(24)11-12-27-25;1-7-14(8-2)12(5)11-13(6)15(9-3)10-4;/h3-4,7-13,15,17H,1-2,5-6H2;5,11,14-15H,6-10H2,1-4H3;/q-1;-2;+3/b;13-11+;. The number of rotatable bonds is 9. The summed E-state index contributed by atoms with van der Waals surface area (Å²) in [6.07, 6.45) is 13.8. The number of nitrogens with zero attached hydrogens (tertiary/aromatic N) is 2. The number of allylic oxidation sites excluding steroid dienone is 3. The topological polar surface area (TPSA) is 36.7 Å². The molecule has 3 heteroatoms. The van der Waals surface area contributed by atoms with Gasteiger partial charge in [-0.1, -0.05) is 119 Å². The molecule has 0 unspecified atom stereocenters. The van der Waals surface area contributed by atoms with Gasteiger partial charge in [-0.05, 0) is 52.6 Å². The van der Waals surface area contributed by atoms with Gasteiger partial charge in [-0.3, -0.25) is 11.6 Å². The molecule has 1 aliphatic carbocycles. The molecule has 0 atom stereocenters. The zero-order chi connectivity index (χ0) is 30.1. The molecule has 4 aromatic rings. The Labute approximate surface area is 273 Å². The van der Waals surface area contributed by atoms with Gasteiger partial charge in [-0.2, -0.15) is 5.26 Å². The van der Waals surface area contributed by atoms with E-state index in [2.05, 4.69) is 82.1 Å². The maximum absolute atomic E-state index is 9.59. The van der Waals surface area contributed by atoms with Crippen LogP contribution < -0.4 is 0 Å². The van der Waals surface area contributed by atoms with E-state index in [1.165, 1.54) is 42.2 Å². The molecule has 0 spiro atoms. The van der Waals surface area contributed by atoms with Gasteiger partial charge in [0.05, 0.1) is 6.07 Å². The third-order valence-corrected chi connectivity index (χ3v) is 9.08. The molecule has 5 rings (SSSR count). The largest absolute Gasteiger partial charge is 3.00 e. The van der Waals surface area contributed by atoms with Gasteiger partial charge in [0, 0.05) is 11.9 Å². The Balaban J connectivity index is 0.000000274. The van der Waals surface area contributed by atoms with E-state index in [0.29, 0.717) is 23.3 Å². The Bertz CT molecular complexity index is 1580. The molecule has 1 aliphatic rings. The fourth-order valence-corrected chi connectivity index (χ4v) is 6.40. The van der Waals surface area contributed by atoms with Crippen LogP contribution in [-0.2, 0) is 20.1 Å². The fourth-order valence-electron chi connectivity index (χ4n) is 6.40.